The number of hydrogen-bond donors (Lipinski definition) is 1. The lowest BCUT2D eigenvalue weighted by molar-refractivity contribution is -0.167. The number of nitrogens with zero attached hydrogens (tertiary/aromatic N) is 1. The van der Waals surface area contributed by atoms with E-state index in [1.54, 1.807) is 19.9 Å². The minimum Gasteiger partial charge on any atom is -0.295 e. The lowest BCUT2D eigenvalue weighted by atomic mass is 10.0. The zero-order valence-corrected chi connectivity index (χ0v) is 14.1. The van der Waals surface area contributed by atoms with Gasteiger partial charge in [-0.3, -0.25) is 14.8 Å². The zero-order chi connectivity index (χ0) is 17.7. The van der Waals surface area contributed by atoms with Crippen LogP contribution < -0.4 is 0 Å². The Labute approximate surface area is 142 Å². The van der Waals surface area contributed by atoms with Crippen LogP contribution in [0.5, 0.6) is 0 Å². The highest BCUT2D eigenvalue weighted by Gasteiger charge is 2.10. The summed E-state index contributed by atoms with van der Waals surface area (Å²) in [6.45, 7) is 4.60. The van der Waals surface area contributed by atoms with Crippen molar-refractivity contribution in [2.75, 3.05) is 0 Å². The van der Waals surface area contributed by atoms with Gasteiger partial charge in [-0.1, -0.05) is 54.6 Å². The lowest BCUT2D eigenvalue weighted by Crippen LogP contribution is -2.32. The molecule has 0 aliphatic carbocycles. The van der Waals surface area contributed by atoms with Crippen molar-refractivity contribution in [2.24, 2.45) is 0 Å². The SMILES string of the molecule is CC(=O)c1ccc(-c2cccc(C=CC(C)N(O)C(C)=O)c2)cc1. The molecule has 4 heteroatoms. The van der Waals surface area contributed by atoms with Gasteiger partial charge in [-0.2, -0.15) is 0 Å². The van der Waals surface area contributed by atoms with Crippen LogP contribution in [-0.4, -0.2) is 28.0 Å². The van der Waals surface area contributed by atoms with Crippen LogP contribution in [0, 0.1) is 0 Å². The van der Waals surface area contributed by atoms with Crippen molar-refractivity contribution >= 4 is 17.8 Å². The van der Waals surface area contributed by atoms with Gasteiger partial charge in [-0.05, 0) is 36.6 Å². The Morgan fingerprint density at radius 1 is 1.04 bits per heavy atom. The first-order valence-corrected chi connectivity index (χ1v) is 7.77. The van der Waals surface area contributed by atoms with Gasteiger partial charge in [0.1, 0.15) is 0 Å². The van der Waals surface area contributed by atoms with Crippen molar-refractivity contribution in [1.29, 1.82) is 0 Å². The topological polar surface area (TPSA) is 57.6 Å². The number of hydrogen-bond acceptors (Lipinski definition) is 3. The van der Waals surface area contributed by atoms with E-state index in [9.17, 15) is 14.8 Å². The van der Waals surface area contributed by atoms with Crippen molar-refractivity contribution in [2.45, 2.75) is 26.8 Å². The molecule has 1 amide bonds. The molecule has 0 saturated carbocycles. The van der Waals surface area contributed by atoms with Gasteiger partial charge in [-0.15, -0.1) is 0 Å². The summed E-state index contributed by atoms with van der Waals surface area (Å²) in [5.41, 5.74) is 3.71. The highest BCUT2D eigenvalue weighted by Crippen LogP contribution is 2.22. The van der Waals surface area contributed by atoms with Crippen LogP contribution in [0.25, 0.3) is 17.2 Å². The van der Waals surface area contributed by atoms with E-state index < -0.39 is 11.9 Å². The van der Waals surface area contributed by atoms with Gasteiger partial charge >= 0.3 is 0 Å². The third-order valence-electron chi connectivity index (χ3n) is 3.79. The molecule has 124 valence electrons. The molecule has 0 aliphatic heterocycles. The smallest absolute Gasteiger partial charge is 0.243 e. The number of benzene rings is 2. The second-order valence-electron chi connectivity index (χ2n) is 5.72. The molecule has 4 nitrogen and oxygen atoms in total. The van der Waals surface area contributed by atoms with E-state index in [2.05, 4.69) is 0 Å². The molecule has 0 fully saturated rings. The van der Waals surface area contributed by atoms with Crippen LogP contribution in [0.1, 0.15) is 36.7 Å². The van der Waals surface area contributed by atoms with E-state index in [4.69, 9.17) is 0 Å². The van der Waals surface area contributed by atoms with Crippen molar-refractivity contribution < 1.29 is 14.8 Å². The molecule has 0 aliphatic rings. The average molecular weight is 323 g/mol. The highest BCUT2D eigenvalue weighted by molar-refractivity contribution is 5.94. The molecule has 1 N–H and O–H groups in total. The molecular formula is C20H21NO3. The van der Waals surface area contributed by atoms with Crippen molar-refractivity contribution in [3.8, 4) is 11.1 Å². The van der Waals surface area contributed by atoms with Gasteiger partial charge in [0.05, 0.1) is 6.04 Å². The van der Waals surface area contributed by atoms with E-state index in [1.807, 2.05) is 54.6 Å². The number of Topliss-reactive ketones (excluding diaryl/α,β-unsaturated/α-hetero) is 1. The molecule has 2 aromatic carbocycles. The van der Waals surface area contributed by atoms with Crippen molar-refractivity contribution in [1.82, 2.24) is 5.06 Å². The summed E-state index contributed by atoms with van der Waals surface area (Å²) >= 11 is 0. The van der Waals surface area contributed by atoms with Gasteiger partial charge < -0.3 is 0 Å². The van der Waals surface area contributed by atoms with Crippen LogP contribution in [0.2, 0.25) is 0 Å². The van der Waals surface area contributed by atoms with Crippen LogP contribution in [0.4, 0.5) is 0 Å². The van der Waals surface area contributed by atoms with Crippen LogP contribution in [-0.2, 0) is 4.79 Å². The first kappa shape index (κ1) is 17.6. The predicted molar refractivity (Wildman–Crippen MR) is 94.7 cm³/mol. The van der Waals surface area contributed by atoms with E-state index in [0.29, 0.717) is 10.6 Å². The monoisotopic (exact) mass is 323 g/mol. The first-order valence-electron chi connectivity index (χ1n) is 7.77. The third kappa shape index (κ3) is 4.40. The number of rotatable bonds is 5. The summed E-state index contributed by atoms with van der Waals surface area (Å²) in [6.07, 6.45) is 3.63. The normalized spacial score (nSPS) is 12.2. The molecule has 0 saturated heterocycles. The largest absolute Gasteiger partial charge is 0.295 e. The molecule has 0 radical (unpaired) electrons. The van der Waals surface area contributed by atoms with Crippen molar-refractivity contribution in [3.63, 3.8) is 0 Å². The third-order valence-corrected chi connectivity index (χ3v) is 3.79. The molecule has 2 rings (SSSR count). The molecule has 0 heterocycles. The summed E-state index contributed by atoms with van der Waals surface area (Å²) in [5, 5.41) is 10.3. The molecule has 24 heavy (non-hydrogen) atoms. The van der Waals surface area contributed by atoms with Gasteiger partial charge in [0.15, 0.2) is 5.78 Å². The number of carbonyl (C=O) groups is 2. The van der Waals surface area contributed by atoms with Gasteiger partial charge in [0.25, 0.3) is 0 Å². The Hall–Kier alpha value is -2.72. The number of carbonyl (C=O) groups excluding carboxylic acids is 2. The molecule has 1 atom stereocenters. The highest BCUT2D eigenvalue weighted by atomic mass is 16.5. The Kier molecular flexibility index (Phi) is 5.66. The fourth-order valence-electron chi connectivity index (χ4n) is 2.34. The first-order chi connectivity index (χ1) is 11.4. The number of hydroxylamine groups is 2. The summed E-state index contributed by atoms with van der Waals surface area (Å²) in [5.74, 6) is -0.349. The Balaban J connectivity index is 2.19. The maximum absolute atomic E-state index is 11.3. The molecule has 2 aromatic rings. The van der Waals surface area contributed by atoms with Crippen LogP contribution in [0.15, 0.2) is 54.6 Å². The average Bonchev–Trinajstić information content (AvgIpc) is 2.59. The Bertz CT molecular complexity index is 763. The second kappa shape index (κ2) is 7.70. The maximum atomic E-state index is 11.3. The minimum atomic E-state index is -0.402. The van der Waals surface area contributed by atoms with E-state index in [1.165, 1.54) is 6.92 Å². The number of ketones is 1. The van der Waals surface area contributed by atoms with E-state index in [-0.39, 0.29) is 5.78 Å². The summed E-state index contributed by atoms with van der Waals surface area (Å²) in [4.78, 5) is 22.5. The fraction of sp³-hybridized carbons (Fsp3) is 0.200. The molecule has 0 aromatic heterocycles. The predicted octanol–water partition coefficient (Wildman–Crippen LogP) is 4.20. The molecule has 0 bridgehead atoms. The fourth-order valence-corrected chi connectivity index (χ4v) is 2.34. The lowest BCUT2D eigenvalue weighted by Gasteiger charge is -2.17. The quantitative estimate of drug-likeness (QED) is 0.510. The van der Waals surface area contributed by atoms with Gasteiger partial charge in [-0.25, -0.2) is 5.06 Å². The Morgan fingerprint density at radius 2 is 1.71 bits per heavy atom. The molecular weight excluding hydrogens is 302 g/mol. The zero-order valence-electron chi connectivity index (χ0n) is 14.1. The van der Waals surface area contributed by atoms with Crippen molar-refractivity contribution in [3.05, 3.63) is 65.7 Å². The minimum absolute atomic E-state index is 0.0475. The Morgan fingerprint density at radius 3 is 2.29 bits per heavy atom. The van der Waals surface area contributed by atoms with Crippen LogP contribution >= 0.6 is 0 Å². The van der Waals surface area contributed by atoms with Gasteiger partial charge in [0, 0.05) is 12.5 Å². The molecule has 0 spiro atoms. The second-order valence-corrected chi connectivity index (χ2v) is 5.72. The standard InChI is InChI=1S/C20H21NO3/c1-14(21(24)16(3)23)7-8-17-5-4-6-20(13-17)19-11-9-18(10-12-19)15(2)22/h4-14,24H,1-3H3. The maximum Gasteiger partial charge on any atom is 0.243 e. The molecule has 1 unspecified atom stereocenters. The van der Waals surface area contributed by atoms with Gasteiger partial charge in [0.2, 0.25) is 5.91 Å². The van der Waals surface area contributed by atoms with E-state index >= 15 is 0 Å². The van der Waals surface area contributed by atoms with Crippen LogP contribution in [0.3, 0.4) is 0 Å². The summed E-state index contributed by atoms with van der Waals surface area (Å²) < 4.78 is 0. The summed E-state index contributed by atoms with van der Waals surface area (Å²) in [6, 6.07) is 15.0. The summed E-state index contributed by atoms with van der Waals surface area (Å²) in [7, 11) is 0. The van der Waals surface area contributed by atoms with E-state index in [0.717, 1.165) is 16.7 Å². The number of amides is 1.